The van der Waals surface area contributed by atoms with Gasteiger partial charge in [-0.1, -0.05) is 0 Å². The van der Waals surface area contributed by atoms with Crippen LogP contribution in [-0.4, -0.2) is 45.9 Å². The molecule has 2 aromatic heterocycles. The van der Waals surface area contributed by atoms with E-state index in [1.807, 2.05) is 23.1 Å². The van der Waals surface area contributed by atoms with E-state index in [4.69, 9.17) is 9.47 Å². The smallest absolute Gasteiger partial charge is 0.251 e. The van der Waals surface area contributed by atoms with Crippen molar-refractivity contribution < 1.29 is 14.3 Å². The molecular weight excluding hydrogens is 382 g/mol. The summed E-state index contributed by atoms with van der Waals surface area (Å²) in [7, 11) is 3.15. The van der Waals surface area contributed by atoms with Crippen LogP contribution in [0.15, 0.2) is 49.2 Å². The predicted molar refractivity (Wildman–Crippen MR) is 112 cm³/mol. The highest BCUT2D eigenvalue weighted by molar-refractivity contribution is 5.95. The predicted octanol–water partition coefficient (Wildman–Crippen LogP) is 3.27. The molecule has 30 heavy (non-hydrogen) atoms. The number of rotatable bonds is 6. The van der Waals surface area contributed by atoms with E-state index in [-0.39, 0.29) is 11.9 Å². The van der Waals surface area contributed by atoms with E-state index in [9.17, 15) is 4.79 Å². The average Bonchev–Trinajstić information content (AvgIpc) is 3.30. The van der Waals surface area contributed by atoms with Gasteiger partial charge in [0.2, 0.25) is 0 Å². The summed E-state index contributed by atoms with van der Waals surface area (Å²) in [5, 5.41) is 7.67. The highest BCUT2D eigenvalue weighted by atomic mass is 16.5. The van der Waals surface area contributed by atoms with E-state index >= 15 is 0 Å². The van der Waals surface area contributed by atoms with Crippen LogP contribution < -0.4 is 14.8 Å². The second kappa shape index (κ2) is 8.94. The van der Waals surface area contributed by atoms with Crippen LogP contribution in [0.1, 0.15) is 42.1 Å². The van der Waals surface area contributed by atoms with Gasteiger partial charge in [0.25, 0.3) is 5.91 Å². The van der Waals surface area contributed by atoms with Gasteiger partial charge in [0, 0.05) is 35.6 Å². The lowest BCUT2D eigenvalue weighted by Crippen LogP contribution is -2.38. The number of methoxy groups -OCH3 is 2. The van der Waals surface area contributed by atoms with Gasteiger partial charge in [0.05, 0.1) is 32.2 Å². The Morgan fingerprint density at radius 1 is 1.10 bits per heavy atom. The third kappa shape index (κ3) is 4.42. The topological polar surface area (TPSA) is 91.2 Å². The van der Waals surface area contributed by atoms with Crippen molar-refractivity contribution in [3.8, 4) is 22.8 Å². The first-order valence-corrected chi connectivity index (χ1v) is 10.0. The molecule has 0 radical (unpaired) electrons. The molecule has 8 heteroatoms. The minimum absolute atomic E-state index is 0.110. The number of benzene rings is 1. The number of carbonyl (C=O) groups excluding carboxylic acids is 1. The van der Waals surface area contributed by atoms with Gasteiger partial charge in [0.15, 0.2) is 0 Å². The van der Waals surface area contributed by atoms with Gasteiger partial charge in [-0.15, -0.1) is 0 Å². The third-order valence-corrected chi connectivity index (χ3v) is 5.50. The molecule has 8 nitrogen and oxygen atoms in total. The summed E-state index contributed by atoms with van der Waals surface area (Å²) in [6.07, 6.45) is 10.9. The largest absolute Gasteiger partial charge is 0.497 e. The highest BCUT2D eigenvalue weighted by Gasteiger charge is 2.25. The first kappa shape index (κ1) is 19.9. The summed E-state index contributed by atoms with van der Waals surface area (Å²) in [4.78, 5) is 20.9. The van der Waals surface area contributed by atoms with E-state index in [2.05, 4.69) is 20.4 Å². The molecule has 1 aliphatic rings. The molecule has 0 unspecified atom stereocenters. The van der Waals surface area contributed by atoms with Crippen molar-refractivity contribution in [1.82, 2.24) is 25.1 Å². The van der Waals surface area contributed by atoms with Crippen molar-refractivity contribution >= 4 is 5.91 Å². The lowest BCUT2D eigenvalue weighted by Gasteiger charge is -2.29. The molecule has 0 saturated heterocycles. The highest BCUT2D eigenvalue weighted by Crippen LogP contribution is 2.30. The summed E-state index contributed by atoms with van der Waals surface area (Å²) >= 11 is 0. The Labute approximate surface area is 175 Å². The van der Waals surface area contributed by atoms with Crippen LogP contribution >= 0.6 is 0 Å². The monoisotopic (exact) mass is 407 g/mol. The molecule has 2 heterocycles. The Morgan fingerprint density at radius 3 is 2.47 bits per heavy atom. The maximum Gasteiger partial charge on any atom is 0.251 e. The SMILES string of the molecule is COc1cc(OC)cc(C(=O)NC2CCC(n3cc(-c4ccncn4)cn3)CC2)c1. The van der Waals surface area contributed by atoms with Gasteiger partial charge in [-0.2, -0.15) is 5.10 Å². The van der Waals surface area contributed by atoms with Gasteiger partial charge in [-0.3, -0.25) is 9.48 Å². The Balaban J connectivity index is 1.35. The molecule has 0 aliphatic heterocycles. The third-order valence-electron chi connectivity index (χ3n) is 5.50. The first-order valence-electron chi connectivity index (χ1n) is 10.0. The lowest BCUT2D eigenvalue weighted by atomic mass is 9.91. The van der Waals surface area contributed by atoms with Crippen LogP contribution in [0.5, 0.6) is 11.5 Å². The van der Waals surface area contributed by atoms with Crippen molar-refractivity contribution in [1.29, 1.82) is 0 Å². The van der Waals surface area contributed by atoms with Gasteiger partial charge in [0.1, 0.15) is 17.8 Å². The zero-order valence-electron chi connectivity index (χ0n) is 17.1. The molecule has 1 saturated carbocycles. The molecular formula is C22H25N5O3. The number of hydrogen-bond acceptors (Lipinski definition) is 6. The Morgan fingerprint density at radius 2 is 1.83 bits per heavy atom. The van der Waals surface area contributed by atoms with Gasteiger partial charge in [-0.25, -0.2) is 9.97 Å². The summed E-state index contributed by atoms with van der Waals surface area (Å²) < 4.78 is 12.5. The van der Waals surface area contributed by atoms with Crippen molar-refractivity contribution in [2.45, 2.75) is 37.8 Å². The van der Waals surface area contributed by atoms with Crippen LogP contribution in [0.3, 0.4) is 0 Å². The number of aromatic nitrogens is 4. The second-order valence-electron chi connectivity index (χ2n) is 7.38. The summed E-state index contributed by atoms with van der Waals surface area (Å²) in [6, 6.07) is 7.54. The summed E-state index contributed by atoms with van der Waals surface area (Å²) in [5.74, 6) is 1.09. The second-order valence-corrected chi connectivity index (χ2v) is 7.38. The fraction of sp³-hybridized carbons (Fsp3) is 0.364. The zero-order chi connectivity index (χ0) is 20.9. The fourth-order valence-corrected chi connectivity index (χ4v) is 3.82. The summed E-state index contributed by atoms with van der Waals surface area (Å²) in [6.45, 7) is 0. The van der Waals surface area contributed by atoms with Crippen molar-refractivity contribution in [3.63, 3.8) is 0 Å². The van der Waals surface area contributed by atoms with Crippen LogP contribution in [0, 0.1) is 0 Å². The molecule has 4 rings (SSSR count). The van der Waals surface area contributed by atoms with Gasteiger partial charge >= 0.3 is 0 Å². The van der Waals surface area contributed by atoms with Crippen molar-refractivity contribution in [3.05, 3.63) is 54.7 Å². The van der Waals surface area contributed by atoms with Gasteiger partial charge < -0.3 is 14.8 Å². The Bertz CT molecular complexity index is 975. The van der Waals surface area contributed by atoms with Crippen LogP contribution in [-0.2, 0) is 0 Å². The Kier molecular flexibility index (Phi) is 5.92. The average molecular weight is 407 g/mol. The van der Waals surface area contributed by atoms with E-state index in [1.54, 1.807) is 44.9 Å². The zero-order valence-corrected chi connectivity index (χ0v) is 17.1. The maximum atomic E-state index is 12.7. The number of carbonyl (C=O) groups is 1. The standard InChI is InChI=1S/C22H25N5O3/c1-29-19-9-15(10-20(11-19)30-2)22(28)26-17-3-5-18(6-4-17)27-13-16(12-25-27)21-7-8-23-14-24-21/h7-14,17-18H,3-6H2,1-2H3,(H,26,28). The molecule has 0 bridgehead atoms. The Hall–Kier alpha value is -3.42. The molecule has 3 aromatic rings. The molecule has 1 amide bonds. The van der Waals surface area contributed by atoms with E-state index in [0.29, 0.717) is 23.1 Å². The van der Waals surface area contributed by atoms with E-state index < -0.39 is 0 Å². The molecule has 1 fully saturated rings. The number of amides is 1. The quantitative estimate of drug-likeness (QED) is 0.674. The van der Waals surface area contributed by atoms with E-state index in [1.165, 1.54) is 0 Å². The van der Waals surface area contributed by atoms with Crippen LogP contribution in [0.4, 0.5) is 0 Å². The summed E-state index contributed by atoms with van der Waals surface area (Å²) in [5.41, 5.74) is 2.39. The van der Waals surface area contributed by atoms with Crippen molar-refractivity contribution in [2.24, 2.45) is 0 Å². The number of nitrogens with one attached hydrogen (secondary N) is 1. The molecule has 1 aromatic carbocycles. The molecule has 1 N–H and O–H groups in total. The van der Waals surface area contributed by atoms with Crippen molar-refractivity contribution in [2.75, 3.05) is 14.2 Å². The van der Waals surface area contributed by atoms with E-state index in [0.717, 1.165) is 36.9 Å². The van der Waals surface area contributed by atoms with Gasteiger partial charge in [-0.05, 0) is 43.9 Å². The number of hydrogen-bond donors (Lipinski definition) is 1. The minimum Gasteiger partial charge on any atom is -0.497 e. The maximum absolute atomic E-state index is 12.7. The van der Waals surface area contributed by atoms with Crippen LogP contribution in [0.2, 0.25) is 0 Å². The first-order chi connectivity index (χ1) is 14.7. The number of nitrogens with zero attached hydrogens (tertiary/aromatic N) is 4. The van der Waals surface area contributed by atoms with Crippen LogP contribution in [0.25, 0.3) is 11.3 Å². The molecule has 0 atom stereocenters. The molecule has 156 valence electrons. The normalized spacial score (nSPS) is 18.6. The molecule has 1 aliphatic carbocycles. The fourth-order valence-electron chi connectivity index (χ4n) is 3.82. The number of ether oxygens (including phenoxy) is 2. The molecule has 0 spiro atoms. The lowest BCUT2D eigenvalue weighted by molar-refractivity contribution is 0.0921. The minimum atomic E-state index is -0.110.